The van der Waals surface area contributed by atoms with Gasteiger partial charge in [0.15, 0.2) is 0 Å². The summed E-state index contributed by atoms with van der Waals surface area (Å²) in [5.74, 6) is 0. The Bertz CT molecular complexity index is 161. The smallest absolute Gasteiger partial charge is 0.297 e. The minimum atomic E-state index is -2.92. The van der Waals surface area contributed by atoms with Gasteiger partial charge in [0.2, 0.25) is 0 Å². The Morgan fingerprint density at radius 1 is 1.36 bits per heavy atom. The highest BCUT2D eigenvalue weighted by atomic mass is 31.2. The van der Waals surface area contributed by atoms with Crippen LogP contribution in [0.4, 0.5) is 0 Å². The molecule has 0 aromatic carbocycles. The first-order valence-corrected chi connectivity index (χ1v) is 5.33. The van der Waals surface area contributed by atoms with E-state index in [1.807, 2.05) is 13.8 Å². The zero-order valence-corrected chi connectivity index (χ0v) is 7.77. The van der Waals surface area contributed by atoms with Crippen LogP contribution in [-0.4, -0.2) is 19.3 Å². The van der Waals surface area contributed by atoms with E-state index in [1.54, 1.807) is 0 Å². The van der Waals surface area contributed by atoms with Crippen molar-refractivity contribution in [3.63, 3.8) is 0 Å². The van der Waals surface area contributed by atoms with Crippen LogP contribution in [0, 0.1) is 0 Å². The molecule has 0 atom stereocenters. The van der Waals surface area contributed by atoms with E-state index in [-0.39, 0.29) is 6.04 Å². The fourth-order valence-electron chi connectivity index (χ4n) is 0.856. The molecule has 0 aliphatic carbocycles. The topological polar surface area (TPSA) is 47.6 Å². The Balaban J connectivity index is 2.44. The lowest BCUT2D eigenvalue weighted by atomic mass is 10.4. The predicted molar refractivity (Wildman–Crippen MR) is 42.4 cm³/mol. The molecule has 1 aliphatic rings. The molecule has 0 radical (unpaired) electrons. The first kappa shape index (κ1) is 9.20. The summed E-state index contributed by atoms with van der Waals surface area (Å²) in [7, 11) is -2.92. The van der Waals surface area contributed by atoms with Gasteiger partial charge in [0.1, 0.15) is 0 Å². The van der Waals surface area contributed by atoms with Crippen LogP contribution in [-0.2, 0) is 13.6 Å². The molecule has 4 nitrogen and oxygen atoms in total. The van der Waals surface area contributed by atoms with Crippen LogP contribution >= 0.6 is 7.75 Å². The van der Waals surface area contributed by atoms with E-state index in [4.69, 9.17) is 9.05 Å². The number of hydrogen-bond acceptors (Lipinski definition) is 3. The third-order valence-corrected chi connectivity index (χ3v) is 3.11. The molecular formula is C6H14NO3P. The minimum absolute atomic E-state index is 0.124. The normalized spacial score (nSPS) is 23.9. The van der Waals surface area contributed by atoms with Gasteiger partial charge in [0.05, 0.1) is 13.2 Å². The first-order chi connectivity index (χ1) is 5.12. The monoisotopic (exact) mass is 179 g/mol. The lowest BCUT2D eigenvalue weighted by Crippen LogP contribution is -2.25. The SMILES string of the molecule is CC(C)NP1(=O)OCCCO1. The summed E-state index contributed by atoms with van der Waals surface area (Å²) in [6, 6.07) is 0.124. The molecule has 0 bridgehead atoms. The fourth-order valence-corrected chi connectivity index (χ4v) is 2.45. The molecule has 0 saturated carbocycles. The lowest BCUT2D eigenvalue weighted by Gasteiger charge is -2.24. The number of nitrogens with one attached hydrogen (secondary N) is 1. The Kier molecular flexibility index (Phi) is 3.07. The maximum absolute atomic E-state index is 11.5. The van der Waals surface area contributed by atoms with Gasteiger partial charge in [-0.05, 0) is 20.3 Å². The molecule has 0 amide bonds. The predicted octanol–water partition coefficient (Wildman–Crippen LogP) is 1.53. The van der Waals surface area contributed by atoms with Crippen molar-refractivity contribution in [1.82, 2.24) is 5.09 Å². The standard InChI is InChI=1S/C6H14NO3P/c1-6(2)7-11(8)9-4-3-5-10-11/h6H,3-5H2,1-2H3,(H,7,8). The molecular weight excluding hydrogens is 165 g/mol. The highest BCUT2D eigenvalue weighted by molar-refractivity contribution is 7.51. The number of hydrogen-bond donors (Lipinski definition) is 1. The maximum atomic E-state index is 11.5. The Morgan fingerprint density at radius 3 is 2.36 bits per heavy atom. The summed E-state index contributed by atoms with van der Waals surface area (Å²) in [6.45, 7) is 4.86. The Morgan fingerprint density at radius 2 is 1.91 bits per heavy atom. The van der Waals surface area contributed by atoms with Crippen molar-refractivity contribution in [2.45, 2.75) is 26.3 Å². The maximum Gasteiger partial charge on any atom is 0.405 e. The first-order valence-electron chi connectivity index (χ1n) is 3.79. The van der Waals surface area contributed by atoms with Crippen LogP contribution in [0.1, 0.15) is 20.3 Å². The second-order valence-electron chi connectivity index (χ2n) is 2.80. The molecule has 0 spiro atoms. The van der Waals surface area contributed by atoms with E-state index in [2.05, 4.69) is 5.09 Å². The van der Waals surface area contributed by atoms with Gasteiger partial charge < -0.3 is 0 Å². The second-order valence-corrected chi connectivity index (χ2v) is 4.57. The highest BCUT2D eigenvalue weighted by Crippen LogP contribution is 2.46. The highest BCUT2D eigenvalue weighted by Gasteiger charge is 2.28. The van der Waals surface area contributed by atoms with Crippen LogP contribution in [0.3, 0.4) is 0 Å². The van der Waals surface area contributed by atoms with Crippen molar-refractivity contribution in [2.24, 2.45) is 0 Å². The van der Waals surface area contributed by atoms with Gasteiger partial charge >= 0.3 is 7.75 Å². The van der Waals surface area contributed by atoms with E-state index < -0.39 is 7.75 Å². The van der Waals surface area contributed by atoms with Gasteiger partial charge in [-0.25, -0.2) is 9.65 Å². The zero-order chi connectivity index (χ0) is 8.32. The largest absolute Gasteiger partial charge is 0.405 e. The molecule has 1 N–H and O–H groups in total. The van der Waals surface area contributed by atoms with Crippen molar-refractivity contribution in [3.05, 3.63) is 0 Å². The molecule has 0 aromatic rings. The van der Waals surface area contributed by atoms with Gasteiger partial charge in [-0.2, -0.15) is 0 Å². The molecule has 1 rings (SSSR count). The van der Waals surface area contributed by atoms with Crippen molar-refractivity contribution in [3.8, 4) is 0 Å². The molecule has 0 aromatic heterocycles. The molecule has 1 aliphatic heterocycles. The molecule has 1 saturated heterocycles. The summed E-state index contributed by atoms with van der Waals surface area (Å²) in [5.41, 5.74) is 0. The van der Waals surface area contributed by atoms with Crippen molar-refractivity contribution in [1.29, 1.82) is 0 Å². The van der Waals surface area contributed by atoms with E-state index >= 15 is 0 Å². The van der Waals surface area contributed by atoms with Crippen LogP contribution in [0.5, 0.6) is 0 Å². The summed E-state index contributed by atoms with van der Waals surface area (Å²) < 4.78 is 21.5. The van der Waals surface area contributed by atoms with Gasteiger partial charge in [0, 0.05) is 6.04 Å². The quantitative estimate of drug-likeness (QED) is 0.653. The third kappa shape index (κ3) is 2.91. The van der Waals surface area contributed by atoms with Gasteiger partial charge in [-0.15, -0.1) is 0 Å². The van der Waals surface area contributed by atoms with Gasteiger partial charge in [0.25, 0.3) is 0 Å². The van der Waals surface area contributed by atoms with Gasteiger partial charge in [-0.1, -0.05) is 0 Å². The van der Waals surface area contributed by atoms with Crippen LogP contribution in [0.15, 0.2) is 0 Å². The Hall–Kier alpha value is 0.110. The minimum Gasteiger partial charge on any atom is -0.297 e. The Labute approximate surface area is 66.9 Å². The molecule has 0 unspecified atom stereocenters. The molecule has 1 heterocycles. The van der Waals surface area contributed by atoms with E-state index in [1.165, 1.54) is 0 Å². The average Bonchev–Trinajstić information content (AvgIpc) is 1.85. The second kappa shape index (κ2) is 3.68. The number of rotatable bonds is 2. The van der Waals surface area contributed by atoms with Crippen molar-refractivity contribution >= 4 is 7.75 Å². The average molecular weight is 179 g/mol. The van der Waals surface area contributed by atoms with Crippen LogP contribution < -0.4 is 5.09 Å². The zero-order valence-electron chi connectivity index (χ0n) is 6.87. The van der Waals surface area contributed by atoms with Crippen molar-refractivity contribution < 1.29 is 13.6 Å². The van der Waals surface area contributed by atoms with E-state index in [0.717, 1.165) is 6.42 Å². The van der Waals surface area contributed by atoms with E-state index in [0.29, 0.717) is 13.2 Å². The van der Waals surface area contributed by atoms with E-state index in [9.17, 15) is 4.57 Å². The molecule has 5 heteroatoms. The summed E-state index contributed by atoms with van der Waals surface area (Å²) in [4.78, 5) is 0. The summed E-state index contributed by atoms with van der Waals surface area (Å²) in [6.07, 6.45) is 0.823. The summed E-state index contributed by atoms with van der Waals surface area (Å²) in [5, 5.41) is 2.77. The molecule has 11 heavy (non-hydrogen) atoms. The summed E-state index contributed by atoms with van der Waals surface area (Å²) >= 11 is 0. The molecule has 1 fully saturated rings. The fraction of sp³-hybridized carbons (Fsp3) is 1.00. The van der Waals surface area contributed by atoms with Gasteiger partial charge in [-0.3, -0.25) is 9.05 Å². The lowest BCUT2D eigenvalue weighted by molar-refractivity contribution is 0.137. The third-order valence-electron chi connectivity index (χ3n) is 1.23. The van der Waals surface area contributed by atoms with Crippen LogP contribution in [0.25, 0.3) is 0 Å². The van der Waals surface area contributed by atoms with Crippen molar-refractivity contribution in [2.75, 3.05) is 13.2 Å². The molecule has 66 valence electrons. The van der Waals surface area contributed by atoms with Crippen LogP contribution in [0.2, 0.25) is 0 Å².